The Labute approximate surface area is 100 Å². The van der Waals surface area contributed by atoms with Gasteiger partial charge in [0.15, 0.2) is 0 Å². The van der Waals surface area contributed by atoms with E-state index in [1.165, 1.54) is 25.7 Å². The average Bonchev–Trinajstić information content (AvgIpc) is 2.71. The van der Waals surface area contributed by atoms with Crippen LogP contribution in [0.2, 0.25) is 0 Å². The maximum atomic E-state index is 9.45. The molecule has 96 valence electrons. The van der Waals surface area contributed by atoms with Crippen molar-refractivity contribution in [1.29, 1.82) is 0 Å². The molecule has 0 aliphatic heterocycles. The highest BCUT2D eigenvalue weighted by Crippen LogP contribution is 2.25. The van der Waals surface area contributed by atoms with Gasteiger partial charge in [-0.05, 0) is 32.2 Å². The van der Waals surface area contributed by atoms with E-state index in [0.29, 0.717) is 0 Å². The van der Waals surface area contributed by atoms with Crippen molar-refractivity contribution < 1.29 is 5.11 Å². The zero-order valence-corrected chi connectivity index (χ0v) is 10.9. The summed E-state index contributed by atoms with van der Waals surface area (Å²) in [7, 11) is 2.11. The fraction of sp³-hybridized carbons (Fsp3) is 1.00. The molecule has 1 aliphatic rings. The van der Waals surface area contributed by atoms with Gasteiger partial charge in [-0.3, -0.25) is 4.90 Å². The molecule has 1 fully saturated rings. The van der Waals surface area contributed by atoms with Crippen LogP contribution in [0.4, 0.5) is 0 Å². The molecule has 0 aromatic heterocycles. The molecule has 0 aromatic rings. The van der Waals surface area contributed by atoms with E-state index in [-0.39, 0.29) is 18.7 Å². The van der Waals surface area contributed by atoms with Crippen molar-refractivity contribution in [3.8, 4) is 0 Å². The van der Waals surface area contributed by atoms with Gasteiger partial charge >= 0.3 is 0 Å². The van der Waals surface area contributed by atoms with Gasteiger partial charge in [0.1, 0.15) is 0 Å². The smallest absolute Gasteiger partial charge is 0.0601 e. The molecule has 3 nitrogen and oxygen atoms in total. The summed E-state index contributed by atoms with van der Waals surface area (Å²) >= 11 is 0. The minimum atomic E-state index is 0.112. The zero-order chi connectivity index (χ0) is 12.0. The fourth-order valence-corrected chi connectivity index (χ4v) is 2.86. The van der Waals surface area contributed by atoms with Crippen LogP contribution in [0.25, 0.3) is 0 Å². The van der Waals surface area contributed by atoms with Gasteiger partial charge in [-0.15, -0.1) is 0 Å². The first-order valence-corrected chi connectivity index (χ1v) is 6.75. The molecule has 0 amide bonds. The number of rotatable bonds is 7. The van der Waals surface area contributed by atoms with E-state index < -0.39 is 0 Å². The van der Waals surface area contributed by atoms with Crippen molar-refractivity contribution in [2.45, 2.75) is 57.5 Å². The van der Waals surface area contributed by atoms with Crippen LogP contribution >= 0.6 is 0 Å². The molecule has 0 spiro atoms. The normalized spacial score (nSPS) is 21.6. The Morgan fingerprint density at radius 2 is 2.00 bits per heavy atom. The van der Waals surface area contributed by atoms with Crippen molar-refractivity contribution in [3.63, 3.8) is 0 Å². The van der Waals surface area contributed by atoms with E-state index >= 15 is 0 Å². The Morgan fingerprint density at radius 3 is 2.50 bits per heavy atom. The molecule has 0 bridgehead atoms. The predicted molar refractivity (Wildman–Crippen MR) is 68.3 cm³/mol. The van der Waals surface area contributed by atoms with Crippen LogP contribution in [0.3, 0.4) is 0 Å². The summed E-state index contributed by atoms with van der Waals surface area (Å²) in [4.78, 5) is 2.27. The first kappa shape index (κ1) is 13.9. The summed E-state index contributed by atoms with van der Waals surface area (Å²) in [6.07, 6.45) is 7.55. The molecule has 0 saturated heterocycles. The Bertz CT molecular complexity index is 181. The van der Waals surface area contributed by atoms with E-state index in [0.717, 1.165) is 25.3 Å². The van der Waals surface area contributed by atoms with Gasteiger partial charge < -0.3 is 10.8 Å². The number of likely N-dealkylation sites (N-methyl/N-ethyl adjacent to an activating group) is 1. The lowest BCUT2D eigenvalue weighted by Gasteiger charge is -2.32. The molecule has 0 aromatic carbocycles. The van der Waals surface area contributed by atoms with Crippen molar-refractivity contribution in [2.24, 2.45) is 11.7 Å². The number of nitrogens with two attached hydrogens (primary N) is 1. The Morgan fingerprint density at radius 1 is 1.38 bits per heavy atom. The third-order valence-electron chi connectivity index (χ3n) is 3.89. The first-order valence-electron chi connectivity index (χ1n) is 6.75. The lowest BCUT2D eigenvalue weighted by Crippen LogP contribution is -2.49. The van der Waals surface area contributed by atoms with E-state index in [1.807, 2.05) is 0 Å². The molecule has 3 N–H and O–H groups in total. The van der Waals surface area contributed by atoms with E-state index in [9.17, 15) is 5.11 Å². The third-order valence-corrected chi connectivity index (χ3v) is 3.89. The summed E-state index contributed by atoms with van der Waals surface area (Å²) in [5.74, 6) is 0.827. The van der Waals surface area contributed by atoms with Crippen LogP contribution in [-0.2, 0) is 0 Å². The molecule has 1 aliphatic carbocycles. The molecule has 1 rings (SSSR count). The van der Waals surface area contributed by atoms with Crippen LogP contribution in [0.5, 0.6) is 0 Å². The van der Waals surface area contributed by atoms with Gasteiger partial charge in [-0.25, -0.2) is 0 Å². The largest absolute Gasteiger partial charge is 0.395 e. The number of aliphatic hydroxyl groups is 1. The molecule has 0 radical (unpaired) electrons. The van der Waals surface area contributed by atoms with Crippen LogP contribution < -0.4 is 5.73 Å². The van der Waals surface area contributed by atoms with Gasteiger partial charge in [0.2, 0.25) is 0 Å². The number of nitrogens with zero attached hydrogens (tertiary/aromatic N) is 1. The Balaban J connectivity index is 2.37. The average molecular weight is 228 g/mol. The maximum absolute atomic E-state index is 9.45. The van der Waals surface area contributed by atoms with Gasteiger partial charge in [0, 0.05) is 18.6 Å². The van der Waals surface area contributed by atoms with Crippen molar-refractivity contribution in [2.75, 3.05) is 20.2 Å². The third kappa shape index (κ3) is 4.04. The van der Waals surface area contributed by atoms with Crippen molar-refractivity contribution in [3.05, 3.63) is 0 Å². The summed E-state index contributed by atoms with van der Waals surface area (Å²) in [6, 6.07) is 0.252. The van der Waals surface area contributed by atoms with E-state index in [2.05, 4.69) is 18.9 Å². The van der Waals surface area contributed by atoms with Gasteiger partial charge in [-0.2, -0.15) is 0 Å². The Kier molecular flexibility index (Phi) is 6.32. The van der Waals surface area contributed by atoms with Gasteiger partial charge in [-0.1, -0.05) is 26.2 Å². The number of hydrogen-bond donors (Lipinski definition) is 2. The summed E-state index contributed by atoms with van der Waals surface area (Å²) in [5.41, 5.74) is 6.11. The van der Waals surface area contributed by atoms with Gasteiger partial charge in [0.25, 0.3) is 0 Å². The minimum absolute atomic E-state index is 0.112. The highest BCUT2D eigenvalue weighted by Gasteiger charge is 2.24. The molecule has 1 saturated carbocycles. The van der Waals surface area contributed by atoms with E-state index in [1.54, 1.807) is 0 Å². The molecule has 3 heteroatoms. The molecule has 16 heavy (non-hydrogen) atoms. The van der Waals surface area contributed by atoms with Crippen molar-refractivity contribution in [1.82, 2.24) is 4.90 Å². The maximum Gasteiger partial charge on any atom is 0.0601 e. The lowest BCUT2D eigenvalue weighted by molar-refractivity contribution is 0.110. The van der Waals surface area contributed by atoms with Crippen LogP contribution in [0, 0.1) is 5.92 Å². The topological polar surface area (TPSA) is 49.5 Å². The minimum Gasteiger partial charge on any atom is -0.395 e. The molecular weight excluding hydrogens is 200 g/mol. The Hall–Kier alpha value is -0.120. The molecular formula is C13H28N2O. The quantitative estimate of drug-likeness (QED) is 0.696. The summed E-state index contributed by atoms with van der Waals surface area (Å²) in [5, 5.41) is 9.45. The van der Waals surface area contributed by atoms with Gasteiger partial charge in [0.05, 0.1) is 6.61 Å². The lowest BCUT2D eigenvalue weighted by atomic mass is 10.0. The van der Waals surface area contributed by atoms with Crippen molar-refractivity contribution >= 4 is 0 Å². The molecule has 2 unspecified atom stereocenters. The monoisotopic (exact) mass is 228 g/mol. The van der Waals surface area contributed by atoms with Crippen LogP contribution in [0.1, 0.15) is 45.4 Å². The number of aliphatic hydroxyl groups excluding tert-OH is 1. The SMILES string of the molecule is CCCC(N)C(CO)N(C)CC1CCCC1. The highest BCUT2D eigenvalue weighted by atomic mass is 16.3. The number of hydrogen-bond acceptors (Lipinski definition) is 3. The van der Waals surface area contributed by atoms with Crippen LogP contribution in [0.15, 0.2) is 0 Å². The standard InChI is InChI=1S/C13H28N2O/c1-3-6-12(14)13(10-16)15(2)9-11-7-4-5-8-11/h11-13,16H,3-10,14H2,1-2H3. The zero-order valence-electron chi connectivity index (χ0n) is 10.9. The second-order valence-electron chi connectivity index (χ2n) is 5.29. The highest BCUT2D eigenvalue weighted by molar-refractivity contribution is 4.82. The van der Waals surface area contributed by atoms with Crippen LogP contribution in [-0.4, -0.2) is 42.3 Å². The second-order valence-corrected chi connectivity index (χ2v) is 5.29. The predicted octanol–water partition coefficient (Wildman–Crippen LogP) is 1.60. The first-order chi connectivity index (χ1) is 7.69. The molecule has 0 heterocycles. The fourth-order valence-electron chi connectivity index (χ4n) is 2.86. The van der Waals surface area contributed by atoms with E-state index in [4.69, 9.17) is 5.73 Å². The molecule has 2 atom stereocenters. The summed E-state index contributed by atoms with van der Waals surface area (Å²) in [6.45, 7) is 3.43. The summed E-state index contributed by atoms with van der Waals surface area (Å²) < 4.78 is 0. The second kappa shape index (κ2) is 7.25.